The minimum Gasteiger partial charge on any atom is -0.494 e. The molecule has 0 radical (unpaired) electrons. The van der Waals surface area contributed by atoms with Gasteiger partial charge in [0.1, 0.15) is 5.75 Å². The Morgan fingerprint density at radius 2 is 1.36 bits per heavy atom. The van der Waals surface area contributed by atoms with Crippen molar-refractivity contribution in [3.63, 3.8) is 0 Å². The van der Waals surface area contributed by atoms with Gasteiger partial charge in [0.15, 0.2) is 5.78 Å². The first-order valence-corrected chi connectivity index (χ1v) is 13.9. The van der Waals surface area contributed by atoms with Crippen LogP contribution in [0.1, 0.15) is 56.3 Å². The van der Waals surface area contributed by atoms with Gasteiger partial charge in [0, 0.05) is 61.5 Å². The number of Topliss-reactive ketones (excluding diaryl/α,β-unsaturated/α-hetero) is 1. The van der Waals surface area contributed by atoms with Gasteiger partial charge in [-0.3, -0.25) is 9.69 Å². The Labute approximate surface area is 245 Å². The number of fused-ring (bicyclic) bond motifs is 1. The number of ketones is 1. The number of nitrogens with zero attached hydrogens (tertiary/aromatic N) is 2. The second kappa shape index (κ2) is 19.9. The average Bonchev–Trinajstić information content (AvgIpc) is 2.95. The molecule has 0 bridgehead atoms. The van der Waals surface area contributed by atoms with Gasteiger partial charge in [0.25, 0.3) is 0 Å². The molecule has 1 aromatic carbocycles. The average molecular weight is 591 g/mol. The molecule has 2 aliphatic heterocycles. The monoisotopic (exact) mass is 590 g/mol. The van der Waals surface area contributed by atoms with Crippen molar-refractivity contribution >= 4 is 29.7 Å². The van der Waals surface area contributed by atoms with Crippen LogP contribution in [0.15, 0.2) is 48.6 Å². The van der Waals surface area contributed by atoms with Crippen molar-refractivity contribution in [2.24, 2.45) is 5.92 Å². The third kappa shape index (κ3) is 16.3. The molecule has 0 amide bonds. The van der Waals surface area contributed by atoms with Crippen LogP contribution < -0.4 is 4.74 Å². The zero-order valence-corrected chi connectivity index (χ0v) is 24.2. The largest absolute Gasteiger partial charge is 0.494 e. The standard InChI is InChI=1S/C22H34N2O2.2C4H4O4/c1-18(2)22(25)19-8-10-21(11-9-19)26-16-6-5-12-23-14-15-24-13-4-3-7-20(24)17-23;2*5-3(6)1-2-4(7)8/h8-11,18,20H,3-7,12-17H2,1-2H3;2*1-2H,(H,5,6)(H,7,8). The summed E-state index contributed by atoms with van der Waals surface area (Å²) in [7, 11) is 0. The molecule has 42 heavy (non-hydrogen) atoms. The van der Waals surface area contributed by atoms with Gasteiger partial charge in [-0.25, -0.2) is 19.2 Å². The topological polar surface area (TPSA) is 182 Å². The fourth-order valence-electron chi connectivity index (χ4n) is 4.38. The Morgan fingerprint density at radius 3 is 1.86 bits per heavy atom. The number of carboxylic acid groups (broad SMARTS) is 4. The third-order valence-corrected chi connectivity index (χ3v) is 6.46. The molecule has 1 unspecified atom stereocenters. The van der Waals surface area contributed by atoms with Gasteiger partial charge in [0.05, 0.1) is 6.61 Å². The van der Waals surface area contributed by atoms with Crippen molar-refractivity contribution in [1.29, 1.82) is 0 Å². The molecule has 0 aromatic heterocycles. The molecule has 12 nitrogen and oxygen atoms in total. The Balaban J connectivity index is 0.000000454. The lowest BCUT2D eigenvalue weighted by atomic mass is 9.99. The second-order valence-corrected chi connectivity index (χ2v) is 10.1. The number of carbonyl (C=O) groups is 5. The highest BCUT2D eigenvalue weighted by atomic mass is 16.5. The smallest absolute Gasteiger partial charge is 0.328 e. The van der Waals surface area contributed by atoms with E-state index >= 15 is 0 Å². The van der Waals surface area contributed by atoms with Crippen molar-refractivity contribution in [2.45, 2.75) is 52.0 Å². The maximum Gasteiger partial charge on any atom is 0.328 e. The molecule has 0 spiro atoms. The molecular formula is C30H42N2O10. The molecule has 4 N–H and O–H groups in total. The Morgan fingerprint density at radius 1 is 0.810 bits per heavy atom. The van der Waals surface area contributed by atoms with E-state index in [4.69, 9.17) is 25.2 Å². The van der Waals surface area contributed by atoms with E-state index < -0.39 is 23.9 Å². The van der Waals surface area contributed by atoms with Crippen LogP contribution in [0.5, 0.6) is 5.75 Å². The zero-order chi connectivity index (χ0) is 31.5. The van der Waals surface area contributed by atoms with E-state index in [1.165, 1.54) is 58.4 Å². The van der Waals surface area contributed by atoms with Crippen LogP contribution >= 0.6 is 0 Å². The van der Waals surface area contributed by atoms with E-state index in [1.807, 2.05) is 38.1 Å². The first-order chi connectivity index (χ1) is 19.9. The number of unbranched alkanes of at least 4 members (excludes halogenated alkanes) is 1. The summed E-state index contributed by atoms with van der Waals surface area (Å²) in [5, 5.41) is 31.2. The normalized spacial score (nSPS) is 17.0. The van der Waals surface area contributed by atoms with Gasteiger partial charge < -0.3 is 30.1 Å². The molecule has 1 atom stereocenters. The lowest BCUT2D eigenvalue weighted by Gasteiger charge is -2.44. The number of ether oxygens (including phenoxy) is 1. The molecule has 0 aliphatic carbocycles. The molecule has 0 saturated carbocycles. The van der Waals surface area contributed by atoms with E-state index in [0.717, 1.165) is 30.4 Å². The fourth-order valence-corrected chi connectivity index (χ4v) is 4.38. The molecular weight excluding hydrogens is 548 g/mol. The van der Waals surface area contributed by atoms with Crippen LogP contribution in [0.2, 0.25) is 0 Å². The highest BCUT2D eigenvalue weighted by molar-refractivity contribution is 5.97. The summed E-state index contributed by atoms with van der Waals surface area (Å²) in [4.78, 5) is 55.5. The summed E-state index contributed by atoms with van der Waals surface area (Å²) in [6.45, 7) is 10.9. The lowest BCUT2D eigenvalue weighted by molar-refractivity contribution is -0.134. The number of aliphatic carboxylic acids is 4. The van der Waals surface area contributed by atoms with Crippen LogP contribution in [0.25, 0.3) is 0 Å². The number of carboxylic acids is 4. The van der Waals surface area contributed by atoms with E-state index in [2.05, 4.69) is 9.80 Å². The number of benzene rings is 1. The summed E-state index contributed by atoms with van der Waals surface area (Å²) < 4.78 is 5.84. The maximum atomic E-state index is 11.9. The van der Waals surface area contributed by atoms with Crippen molar-refractivity contribution < 1.29 is 49.1 Å². The predicted octanol–water partition coefficient (Wildman–Crippen LogP) is 3.28. The van der Waals surface area contributed by atoms with Gasteiger partial charge in [0.2, 0.25) is 0 Å². The summed E-state index contributed by atoms with van der Waals surface area (Å²) in [5.41, 5.74) is 0.772. The summed E-state index contributed by atoms with van der Waals surface area (Å²) in [5.74, 6) is -3.94. The van der Waals surface area contributed by atoms with E-state index in [-0.39, 0.29) is 11.7 Å². The first-order valence-electron chi connectivity index (χ1n) is 13.9. The molecule has 2 saturated heterocycles. The Kier molecular flexibility index (Phi) is 17.1. The fraction of sp³-hybridized carbons (Fsp3) is 0.500. The number of piperidine rings is 1. The highest BCUT2D eigenvalue weighted by Crippen LogP contribution is 2.21. The van der Waals surface area contributed by atoms with Crippen molar-refractivity contribution in [1.82, 2.24) is 9.80 Å². The number of rotatable bonds is 12. The number of carbonyl (C=O) groups excluding carboxylic acids is 1. The quantitative estimate of drug-likeness (QED) is 0.159. The molecule has 1 aromatic rings. The SMILES string of the molecule is CC(C)C(=O)c1ccc(OCCCCN2CCN3CCCCC3C2)cc1.O=C(O)C=CC(=O)O.O=C(O)C=CC(=O)O. The predicted molar refractivity (Wildman–Crippen MR) is 155 cm³/mol. The van der Waals surface area contributed by atoms with Gasteiger partial charge in [-0.1, -0.05) is 20.3 Å². The van der Waals surface area contributed by atoms with Crippen LogP contribution in [-0.2, 0) is 19.2 Å². The summed E-state index contributed by atoms with van der Waals surface area (Å²) in [6.07, 6.45) is 8.68. The van der Waals surface area contributed by atoms with Crippen LogP contribution in [-0.4, -0.2) is 105 Å². The number of hydrogen-bond donors (Lipinski definition) is 4. The van der Waals surface area contributed by atoms with E-state index in [1.54, 1.807) is 0 Å². The van der Waals surface area contributed by atoms with E-state index in [0.29, 0.717) is 24.3 Å². The molecule has 3 rings (SSSR count). The third-order valence-electron chi connectivity index (χ3n) is 6.46. The molecule has 232 valence electrons. The van der Waals surface area contributed by atoms with Crippen molar-refractivity contribution in [3.05, 3.63) is 54.1 Å². The Hall–Kier alpha value is -4.03. The summed E-state index contributed by atoms with van der Waals surface area (Å²) in [6, 6.07) is 8.39. The van der Waals surface area contributed by atoms with Gasteiger partial charge in [-0.2, -0.15) is 0 Å². The summed E-state index contributed by atoms with van der Waals surface area (Å²) >= 11 is 0. The first kappa shape index (κ1) is 36.0. The molecule has 2 aliphatic rings. The van der Waals surface area contributed by atoms with Crippen LogP contribution in [0, 0.1) is 5.92 Å². The Bertz CT molecular complexity index is 1020. The van der Waals surface area contributed by atoms with Crippen molar-refractivity contribution in [3.8, 4) is 5.75 Å². The van der Waals surface area contributed by atoms with Crippen LogP contribution in [0.3, 0.4) is 0 Å². The molecule has 2 fully saturated rings. The maximum absolute atomic E-state index is 11.9. The minimum atomic E-state index is -1.26. The van der Waals surface area contributed by atoms with Crippen LogP contribution in [0.4, 0.5) is 0 Å². The number of hydrogen-bond acceptors (Lipinski definition) is 8. The van der Waals surface area contributed by atoms with Gasteiger partial charge in [-0.05, 0) is 63.0 Å². The van der Waals surface area contributed by atoms with Gasteiger partial charge in [-0.15, -0.1) is 0 Å². The molecule has 2 heterocycles. The van der Waals surface area contributed by atoms with E-state index in [9.17, 15) is 24.0 Å². The zero-order valence-electron chi connectivity index (χ0n) is 24.2. The highest BCUT2D eigenvalue weighted by Gasteiger charge is 2.28. The molecule has 12 heteroatoms. The number of piperazine rings is 1. The van der Waals surface area contributed by atoms with Crippen molar-refractivity contribution in [2.75, 3.05) is 39.3 Å². The lowest BCUT2D eigenvalue weighted by Crippen LogP contribution is -2.54. The van der Waals surface area contributed by atoms with Gasteiger partial charge >= 0.3 is 23.9 Å². The minimum absolute atomic E-state index is 0.0391. The second-order valence-electron chi connectivity index (χ2n) is 10.1.